The molecule has 2 aliphatic rings. The van der Waals surface area contributed by atoms with E-state index in [1.807, 2.05) is 0 Å². The second kappa shape index (κ2) is 8.46. The molecule has 3 rings (SSSR count). The number of carbonyl (C=O) groups excluding carboxylic acids is 1. The number of carbonyl (C=O) groups is 1. The van der Waals surface area contributed by atoms with Crippen LogP contribution in [0.5, 0.6) is 0 Å². The lowest BCUT2D eigenvalue weighted by molar-refractivity contribution is -0.126. The Hall–Kier alpha value is -1.39. The van der Waals surface area contributed by atoms with Gasteiger partial charge < -0.3 is 10.6 Å². The van der Waals surface area contributed by atoms with Crippen molar-refractivity contribution in [2.24, 2.45) is 5.92 Å². The molecule has 0 spiro atoms. The number of hydrogen-bond acceptors (Lipinski definition) is 3. The van der Waals surface area contributed by atoms with Crippen LogP contribution >= 0.6 is 0 Å². The molecule has 0 aromatic heterocycles. The second-order valence-corrected chi connectivity index (χ2v) is 6.95. The van der Waals surface area contributed by atoms with Crippen molar-refractivity contribution >= 4 is 5.91 Å². The maximum Gasteiger partial charge on any atom is 0.223 e. The van der Waals surface area contributed by atoms with E-state index in [-0.39, 0.29) is 11.8 Å². The summed E-state index contributed by atoms with van der Waals surface area (Å²) in [5.74, 6) is 0.527. The van der Waals surface area contributed by atoms with Crippen molar-refractivity contribution in [2.45, 2.75) is 44.7 Å². The molecule has 1 aromatic rings. The maximum absolute atomic E-state index is 12.3. The first-order valence-corrected chi connectivity index (χ1v) is 9.08. The van der Waals surface area contributed by atoms with Crippen LogP contribution in [0.15, 0.2) is 30.3 Å². The first-order chi connectivity index (χ1) is 11.3. The van der Waals surface area contributed by atoms with Crippen LogP contribution in [0, 0.1) is 5.92 Å². The number of hydrogen-bond donors (Lipinski definition) is 2. The molecule has 1 atom stereocenters. The molecule has 0 radical (unpaired) electrons. The lowest BCUT2D eigenvalue weighted by Crippen LogP contribution is -2.55. The maximum atomic E-state index is 12.3. The smallest absolute Gasteiger partial charge is 0.223 e. The highest BCUT2D eigenvalue weighted by atomic mass is 16.1. The fourth-order valence-electron chi connectivity index (χ4n) is 3.75. The summed E-state index contributed by atoms with van der Waals surface area (Å²) in [5.41, 5.74) is 1.36. The predicted molar refractivity (Wildman–Crippen MR) is 93.1 cm³/mol. The lowest BCUT2D eigenvalue weighted by Gasteiger charge is -2.34. The van der Waals surface area contributed by atoms with Crippen LogP contribution in [0.25, 0.3) is 0 Å². The minimum atomic E-state index is 0.257. The zero-order valence-corrected chi connectivity index (χ0v) is 14.0. The Morgan fingerprint density at radius 2 is 1.96 bits per heavy atom. The summed E-state index contributed by atoms with van der Waals surface area (Å²) in [4.78, 5) is 14.7. The summed E-state index contributed by atoms with van der Waals surface area (Å²) >= 11 is 0. The zero-order valence-electron chi connectivity index (χ0n) is 14.0. The van der Waals surface area contributed by atoms with Crippen LogP contribution in [-0.4, -0.2) is 43.0 Å². The Balaban J connectivity index is 1.42. The van der Waals surface area contributed by atoms with E-state index in [0.717, 1.165) is 45.6 Å². The standard InChI is InChI=1S/C19H29N3O/c23-19(17-9-5-2-6-10-17)21-13-18-15-22(12-11-20-18)14-16-7-3-1-4-8-16/h1,3-4,7-8,17-18,20H,2,5-6,9-15H2,(H,21,23)/t18-/m1/s1. The van der Waals surface area contributed by atoms with Crippen molar-refractivity contribution in [1.29, 1.82) is 0 Å². The zero-order chi connectivity index (χ0) is 15.9. The van der Waals surface area contributed by atoms with Gasteiger partial charge in [0.1, 0.15) is 0 Å². The minimum absolute atomic E-state index is 0.257. The van der Waals surface area contributed by atoms with E-state index in [1.165, 1.54) is 24.8 Å². The fraction of sp³-hybridized carbons (Fsp3) is 0.632. The highest BCUT2D eigenvalue weighted by molar-refractivity contribution is 5.78. The van der Waals surface area contributed by atoms with Crippen molar-refractivity contribution in [3.63, 3.8) is 0 Å². The van der Waals surface area contributed by atoms with Crippen LogP contribution < -0.4 is 10.6 Å². The summed E-state index contributed by atoms with van der Waals surface area (Å²) in [6.07, 6.45) is 5.87. The van der Waals surface area contributed by atoms with Crippen molar-refractivity contribution < 1.29 is 4.79 Å². The number of piperazine rings is 1. The van der Waals surface area contributed by atoms with Crippen molar-refractivity contribution in [3.05, 3.63) is 35.9 Å². The highest BCUT2D eigenvalue weighted by Crippen LogP contribution is 2.23. The van der Waals surface area contributed by atoms with Crippen LogP contribution in [0.3, 0.4) is 0 Å². The molecule has 1 saturated carbocycles. The summed E-state index contributed by atoms with van der Waals surface area (Å²) in [7, 11) is 0. The average Bonchev–Trinajstić information content (AvgIpc) is 2.62. The normalized spacial score (nSPS) is 23.6. The van der Waals surface area contributed by atoms with E-state index in [9.17, 15) is 4.79 Å². The quantitative estimate of drug-likeness (QED) is 0.875. The molecule has 0 bridgehead atoms. The monoisotopic (exact) mass is 315 g/mol. The van der Waals surface area contributed by atoms with Gasteiger partial charge in [0.15, 0.2) is 0 Å². The fourth-order valence-corrected chi connectivity index (χ4v) is 3.75. The highest BCUT2D eigenvalue weighted by Gasteiger charge is 2.23. The largest absolute Gasteiger partial charge is 0.354 e. The molecular formula is C19H29N3O. The molecule has 126 valence electrons. The molecule has 1 heterocycles. The topological polar surface area (TPSA) is 44.4 Å². The molecule has 23 heavy (non-hydrogen) atoms. The molecular weight excluding hydrogens is 286 g/mol. The van der Waals surface area contributed by atoms with Gasteiger partial charge in [-0.1, -0.05) is 49.6 Å². The minimum Gasteiger partial charge on any atom is -0.354 e. The second-order valence-electron chi connectivity index (χ2n) is 6.95. The van der Waals surface area contributed by atoms with Gasteiger partial charge in [0.05, 0.1) is 0 Å². The van der Waals surface area contributed by atoms with E-state index in [0.29, 0.717) is 6.04 Å². The Labute approximate surface area is 139 Å². The molecule has 2 N–H and O–H groups in total. The Morgan fingerprint density at radius 1 is 1.17 bits per heavy atom. The summed E-state index contributed by atoms with van der Waals surface area (Å²) in [6.45, 7) is 4.81. The Bertz CT molecular complexity index is 485. The van der Waals surface area contributed by atoms with Crippen molar-refractivity contribution in [3.8, 4) is 0 Å². The van der Waals surface area contributed by atoms with Gasteiger partial charge in [0, 0.05) is 44.7 Å². The summed E-state index contributed by atoms with van der Waals surface area (Å²) in [6, 6.07) is 11.0. The van der Waals surface area contributed by atoms with Gasteiger partial charge in [-0.25, -0.2) is 0 Å². The van der Waals surface area contributed by atoms with E-state index in [2.05, 4.69) is 45.9 Å². The molecule has 1 aliphatic carbocycles. The molecule has 1 aromatic carbocycles. The number of benzene rings is 1. The van der Waals surface area contributed by atoms with E-state index in [1.54, 1.807) is 0 Å². The number of nitrogens with one attached hydrogen (secondary N) is 2. The SMILES string of the molecule is O=C(NC[C@@H]1CN(Cc2ccccc2)CCN1)C1CCCCC1. The number of amides is 1. The van der Waals surface area contributed by atoms with Crippen LogP contribution in [-0.2, 0) is 11.3 Å². The summed E-state index contributed by atoms with van der Waals surface area (Å²) < 4.78 is 0. The van der Waals surface area contributed by atoms with Crippen molar-refractivity contribution in [2.75, 3.05) is 26.2 Å². The molecule has 4 heteroatoms. The van der Waals surface area contributed by atoms with Gasteiger partial charge in [0.2, 0.25) is 5.91 Å². The van der Waals surface area contributed by atoms with Crippen molar-refractivity contribution in [1.82, 2.24) is 15.5 Å². The first kappa shape index (κ1) is 16.5. The Morgan fingerprint density at radius 3 is 2.74 bits per heavy atom. The van der Waals surface area contributed by atoms with Crippen LogP contribution in [0.2, 0.25) is 0 Å². The molecule has 1 saturated heterocycles. The Kier molecular flexibility index (Phi) is 6.06. The van der Waals surface area contributed by atoms with Gasteiger partial charge in [-0.05, 0) is 18.4 Å². The van der Waals surface area contributed by atoms with E-state index < -0.39 is 0 Å². The van der Waals surface area contributed by atoms with Gasteiger partial charge >= 0.3 is 0 Å². The average molecular weight is 315 g/mol. The van der Waals surface area contributed by atoms with Gasteiger partial charge in [0.25, 0.3) is 0 Å². The molecule has 4 nitrogen and oxygen atoms in total. The molecule has 0 unspecified atom stereocenters. The predicted octanol–water partition coefficient (Wildman–Crippen LogP) is 2.16. The van der Waals surface area contributed by atoms with Crippen LogP contribution in [0.1, 0.15) is 37.7 Å². The van der Waals surface area contributed by atoms with Gasteiger partial charge in [-0.2, -0.15) is 0 Å². The molecule has 2 fully saturated rings. The third-order valence-corrected chi connectivity index (χ3v) is 5.09. The molecule has 1 aliphatic heterocycles. The number of nitrogens with zero attached hydrogens (tertiary/aromatic N) is 1. The molecule has 1 amide bonds. The number of rotatable bonds is 5. The third-order valence-electron chi connectivity index (χ3n) is 5.09. The van der Waals surface area contributed by atoms with Gasteiger partial charge in [-0.15, -0.1) is 0 Å². The van der Waals surface area contributed by atoms with E-state index in [4.69, 9.17) is 0 Å². The lowest BCUT2D eigenvalue weighted by atomic mass is 9.88. The van der Waals surface area contributed by atoms with Gasteiger partial charge in [-0.3, -0.25) is 9.69 Å². The van der Waals surface area contributed by atoms with Crippen LogP contribution in [0.4, 0.5) is 0 Å². The summed E-state index contributed by atoms with van der Waals surface area (Å²) in [5, 5.41) is 6.72. The first-order valence-electron chi connectivity index (χ1n) is 9.08. The van der Waals surface area contributed by atoms with E-state index >= 15 is 0 Å². The third kappa shape index (κ3) is 5.05.